The molecule has 0 radical (unpaired) electrons. The molecule has 0 fully saturated rings. The minimum absolute atomic E-state index is 1.28. The summed E-state index contributed by atoms with van der Waals surface area (Å²) in [6.45, 7) is 0. The van der Waals surface area contributed by atoms with Crippen molar-refractivity contribution < 1.29 is 0 Å². The summed E-state index contributed by atoms with van der Waals surface area (Å²) in [5, 5.41) is 2.75. The van der Waals surface area contributed by atoms with E-state index in [9.17, 15) is 0 Å². The lowest BCUT2D eigenvalue weighted by atomic mass is 10.0. The Morgan fingerprint density at radius 1 is 0.429 bits per heavy atom. The van der Waals surface area contributed by atoms with Crippen molar-refractivity contribution in [1.82, 2.24) is 0 Å². The zero-order chi connectivity index (χ0) is 18.5. The lowest BCUT2D eigenvalue weighted by Crippen LogP contribution is -1.76. The van der Waals surface area contributed by atoms with E-state index in [0.29, 0.717) is 0 Å². The smallest absolute Gasteiger partial charge is 0.0542 e. The van der Waals surface area contributed by atoms with E-state index in [1.807, 2.05) is 22.7 Å². The molecule has 2 heteroatoms. The van der Waals surface area contributed by atoms with Crippen LogP contribution in [0, 0.1) is 0 Å². The first-order valence-electron chi connectivity index (χ1n) is 9.37. The van der Waals surface area contributed by atoms with Crippen LogP contribution in [0.4, 0.5) is 0 Å². The predicted octanol–water partition coefficient (Wildman–Crippen LogP) is 8.60. The molecule has 132 valence electrons. The Kier molecular flexibility index (Phi) is 3.61. The van der Waals surface area contributed by atoms with E-state index >= 15 is 0 Å². The molecule has 0 aliphatic heterocycles. The van der Waals surface area contributed by atoms with Crippen LogP contribution in [0.5, 0.6) is 0 Å². The second-order valence-corrected chi connectivity index (χ2v) is 9.06. The maximum atomic E-state index is 2.34. The van der Waals surface area contributed by atoms with E-state index in [1.54, 1.807) is 0 Å². The Hall–Kier alpha value is -2.94. The fourth-order valence-corrected chi connectivity index (χ4v) is 6.75. The van der Waals surface area contributed by atoms with Crippen LogP contribution in [0.25, 0.3) is 51.8 Å². The van der Waals surface area contributed by atoms with Gasteiger partial charge in [-0.05, 0) is 28.3 Å². The highest BCUT2D eigenvalue weighted by atomic mass is 32.1. The van der Waals surface area contributed by atoms with Crippen molar-refractivity contribution in [2.45, 2.75) is 0 Å². The lowest BCUT2D eigenvalue weighted by Gasteiger charge is -2.03. The van der Waals surface area contributed by atoms with Crippen molar-refractivity contribution in [1.29, 1.82) is 0 Å². The fourth-order valence-electron chi connectivity index (χ4n) is 3.93. The van der Waals surface area contributed by atoms with E-state index in [2.05, 4.69) is 97.1 Å². The molecular formula is C26H16S2. The first-order chi connectivity index (χ1) is 13.9. The van der Waals surface area contributed by atoms with E-state index in [1.165, 1.54) is 51.8 Å². The Bertz CT molecular complexity index is 1440. The quantitative estimate of drug-likeness (QED) is 0.277. The molecule has 0 aliphatic carbocycles. The van der Waals surface area contributed by atoms with Gasteiger partial charge in [-0.25, -0.2) is 0 Å². The molecule has 2 aromatic heterocycles. The van der Waals surface area contributed by atoms with Gasteiger partial charge >= 0.3 is 0 Å². The van der Waals surface area contributed by atoms with Gasteiger partial charge in [0.2, 0.25) is 0 Å². The van der Waals surface area contributed by atoms with Crippen LogP contribution in [0.3, 0.4) is 0 Å². The number of rotatable bonds is 2. The molecule has 0 N–H and O–H groups in total. The summed E-state index contributed by atoms with van der Waals surface area (Å²) in [6, 6.07) is 34.9. The molecule has 0 nitrogen and oxygen atoms in total. The van der Waals surface area contributed by atoms with Gasteiger partial charge in [0.15, 0.2) is 0 Å². The van der Waals surface area contributed by atoms with Gasteiger partial charge in [-0.1, -0.05) is 91.0 Å². The minimum Gasteiger partial charge on any atom is -0.134 e. The molecule has 0 saturated carbocycles. The molecule has 6 aromatic rings. The second-order valence-electron chi connectivity index (χ2n) is 6.99. The van der Waals surface area contributed by atoms with Crippen molar-refractivity contribution >= 4 is 52.2 Å². The molecule has 0 bridgehead atoms. The second kappa shape index (κ2) is 6.30. The zero-order valence-corrected chi connectivity index (χ0v) is 16.7. The van der Waals surface area contributed by atoms with Crippen LogP contribution in [-0.4, -0.2) is 0 Å². The summed E-state index contributed by atoms with van der Waals surface area (Å²) in [4.78, 5) is 0. The summed E-state index contributed by atoms with van der Waals surface area (Å²) in [7, 11) is 0. The third-order valence-electron chi connectivity index (χ3n) is 5.30. The summed E-state index contributed by atoms with van der Waals surface area (Å²) in [5.74, 6) is 0. The average Bonchev–Trinajstić information content (AvgIpc) is 3.30. The SMILES string of the molecule is c1ccc(-c2ccc3c(c2)sc2c4cccc(-c5ccccc5)c4sc32)cc1. The van der Waals surface area contributed by atoms with E-state index < -0.39 is 0 Å². The topological polar surface area (TPSA) is 0 Å². The van der Waals surface area contributed by atoms with Gasteiger partial charge in [0.05, 0.1) is 9.40 Å². The van der Waals surface area contributed by atoms with Gasteiger partial charge in [-0.3, -0.25) is 0 Å². The third kappa shape index (κ3) is 2.42. The standard InChI is InChI=1S/C26H16S2/c1-3-8-17(9-4-1)19-14-15-21-23(16-19)27-26-22-13-7-12-20(24(22)28-25(21)26)18-10-5-2-6-11-18/h1-16H. The van der Waals surface area contributed by atoms with Crippen LogP contribution in [0.15, 0.2) is 97.1 Å². The van der Waals surface area contributed by atoms with Crippen LogP contribution < -0.4 is 0 Å². The van der Waals surface area contributed by atoms with E-state index in [-0.39, 0.29) is 0 Å². The number of hydrogen-bond acceptors (Lipinski definition) is 2. The first kappa shape index (κ1) is 16.1. The monoisotopic (exact) mass is 392 g/mol. The molecule has 0 aliphatic rings. The Morgan fingerprint density at radius 3 is 1.93 bits per heavy atom. The molecule has 0 atom stereocenters. The summed E-state index contributed by atoms with van der Waals surface area (Å²) in [5.41, 5.74) is 5.19. The van der Waals surface area contributed by atoms with Gasteiger partial charge in [0, 0.05) is 20.2 Å². The number of hydrogen-bond donors (Lipinski definition) is 0. The van der Waals surface area contributed by atoms with Gasteiger partial charge in [-0.2, -0.15) is 0 Å². The van der Waals surface area contributed by atoms with Crippen molar-refractivity contribution in [2.24, 2.45) is 0 Å². The summed E-state index contributed by atoms with van der Waals surface area (Å²) in [6.07, 6.45) is 0. The molecule has 28 heavy (non-hydrogen) atoms. The fraction of sp³-hybridized carbons (Fsp3) is 0. The Labute approximate surface area is 171 Å². The van der Waals surface area contributed by atoms with Gasteiger partial charge in [0.1, 0.15) is 0 Å². The molecule has 4 aromatic carbocycles. The lowest BCUT2D eigenvalue weighted by molar-refractivity contribution is 1.66. The van der Waals surface area contributed by atoms with Crippen molar-refractivity contribution in [3.8, 4) is 22.3 Å². The van der Waals surface area contributed by atoms with Crippen LogP contribution >= 0.6 is 22.7 Å². The highest BCUT2D eigenvalue weighted by Crippen LogP contribution is 2.47. The summed E-state index contributed by atoms with van der Waals surface area (Å²) < 4.78 is 5.59. The molecule has 0 amide bonds. The number of thiophene rings is 2. The predicted molar refractivity (Wildman–Crippen MR) is 126 cm³/mol. The molecule has 0 unspecified atom stereocenters. The van der Waals surface area contributed by atoms with E-state index in [4.69, 9.17) is 0 Å². The number of benzene rings is 4. The third-order valence-corrected chi connectivity index (χ3v) is 7.89. The van der Waals surface area contributed by atoms with Crippen LogP contribution in [0.1, 0.15) is 0 Å². The highest BCUT2D eigenvalue weighted by Gasteiger charge is 2.15. The van der Waals surface area contributed by atoms with Gasteiger partial charge in [0.25, 0.3) is 0 Å². The molecule has 0 saturated heterocycles. The van der Waals surface area contributed by atoms with Crippen LogP contribution in [0.2, 0.25) is 0 Å². The van der Waals surface area contributed by atoms with Crippen molar-refractivity contribution in [3.05, 3.63) is 97.1 Å². The normalized spacial score (nSPS) is 11.6. The van der Waals surface area contributed by atoms with Crippen molar-refractivity contribution in [2.75, 3.05) is 0 Å². The summed E-state index contributed by atoms with van der Waals surface area (Å²) >= 11 is 3.85. The van der Waals surface area contributed by atoms with Crippen molar-refractivity contribution in [3.63, 3.8) is 0 Å². The number of fused-ring (bicyclic) bond motifs is 5. The molecular weight excluding hydrogens is 376 g/mol. The largest absolute Gasteiger partial charge is 0.134 e. The highest BCUT2D eigenvalue weighted by molar-refractivity contribution is 7.36. The van der Waals surface area contributed by atoms with Gasteiger partial charge in [-0.15, -0.1) is 22.7 Å². The zero-order valence-electron chi connectivity index (χ0n) is 15.1. The molecule has 0 spiro atoms. The maximum Gasteiger partial charge on any atom is 0.0542 e. The van der Waals surface area contributed by atoms with E-state index in [0.717, 1.165) is 0 Å². The Morgan fingerprint density at radius 2 is 1.14 bits per heavy atom. The minimum atomic E-state index is 1.28. The van der Waals surface area contributed by atoms with Gasteiger partial charge < -0.3 is 0 Å². The Balaban J connectivity index is 1.60. The molecule has 6 rings (SSSR count). The first-order valence-corrected chi connectivity index (χ1v) is 11.0. The average molecular weight is 393 g/mol. The maximum absolute atomic E-state index is 2.34. The van der Waals surface area contributed by atoms with Crippen LogP contribution in [-0.2, 0) is 0 Å². The molecule has 2 heterocycles.